The van der Waals surface area contributed by atoms with Gasteiger partial charge in [0, 0.05) is 10.9 Å². The zero-order valence-corrected chi connectivity index (χ0v) is 13.3. The van der Waals surface area contributed by atoms with E-state index in [1.54, 1.807) is 24.3 Å². The van der Waals surface area contributed by atoms with Crippen LogP contribution in [0.1, 0.15) is 30.9 Å². The second-order valence-electron chi connectivity index (χ2n) is 5.55. The molecule has 0 aromatic heterocycles. The molecule has 1 saturated carbocycles. The number of halogens is 1. The van der Waals surface area contributed by atoms with Gasteiger partial charge in [-0.1, -0.05) is 30.2 Å². The predicted molar refractivity (Wildman–Crippen MR) is 84.2 cm³/mol. The molecule has 1 aliphatic carbocycles. The van der Waals surface area contributed by atoms with Crippen molar-refractivity contribution < 1.29 is 14.3 Å². The first-order valence-corrected chi connectivity index (χ1v) is 7.78. The Morgan fingerprint density at radius 3 is 2.64 bits per heavy atom. The molecule has 120 valence electrons. The molecule has 5 nitrogen and oxygen atoms in total. The number of carbonyl (C=O) groups excluding carboxylic acids is 2. The van der Waals surface area contributed by atoms with Gasteiger partial charge >= 0.3 is 5.97 Å². The van der Waals surface area contributed by atoms with E-state index < -0.39 is 12.0 Å². The van der Waals surface area contributed by atoms with Crippen LogP contribution in [-0.4, -0.2) is 25.5 Å². The van der Waals surface area contributed by atoms with Gasteiger partial charge in [0.05, 0.1) is 7.11 Å². The molecular formula is C16H21ClN2O3. The van der Waals surface area contributed by atoms with E-state index in [1.807, 2.05) is 0 Å². The van der Waals surface area contributed by atoms with Gasteiger partial charge in [-0.05, 0) is 43.0 Å². The molecule has 6 heteroatoms. The molecule has 0 bridgehead atoms. The molecule has 1 amide bonds. The minimum atomic E-state index is -0.825. The highest BCUT2D eigenvalue weighted by Crippen LogP contribution is 2.31. The van der Waals surface area contributed by atoms with Crippen molar-refractivity contribution in [3.8, 4) is 0 Å². The summed E-state index contributed by atoms with van der Waals surface area (Å²) in [4.78, 5) is 24.5. The van der Waals surface area contributed by atoms with Gasteiger partial charge in [0.25, 0.3) is 0 Å². The fraction of sp³-hybridized carbons (Fsp3) is 0.500. The Morgan fingerprint density at radius 1 is 1.36 bits per heavy atom. The molecule has 1 aliphatic rings. The Bertz CT molecular complexity index is 533. The number of rotatable bonds is 5. The molecule has 0 spiro atoms. The van der Waals surface area contributed by atoms with Crippen molar-refractivity contribution in [2.24, 2.45) is 17.6 Å². The second kappa shape index (κ2) is 7.61. The third-order valence-corrected chi connectivity index (χ3v) is 4.48. The number of benzene rings is 1. The normalized spacial score (nSPS) is 22.1. The maximum absolute atomic E-state index is 12.5. The Morgan fingerprint density at radius 2 is 2.05 bits per heavy atom. The lowest BCUT2D eigenvalue weighted by Crippen LogP contribution is -2.40. The molecule has 0 radical (unpaired) electrons. The van der Waals surface area contributed by atoms with E-state index in [0.717, 1.165) is 19.3 Å². The highest BCUT2D eigenvalue weighted by atomic mass is 35.5. The largest absolute Gasteiger partial charge is 0.467 e. The molecule has 0 aliphatic heterocycles. The lowest BCUT2D eigenvalue weighted by atomic mass is 9.94. The fourth-order valence-electron chi connectivity index (χ4n) is 2.96. The van der Waals surface area contributed by atoms with Gasteiger partial charge in [-0.15, -0.1) is 0 Å². The van der Waals surface area contributed by atoms with E-state index in [1.165, 1.54) is 7.11 Å². The van der Waals surface area contributed by atoms with Crippen molar-refractivity contribution in [3.05, 3.63) is 34.9 Å². The topological polar surface area (TPSA) is 81.4 Å². The highest BCUT2D eigenvalue weighted by Gasteiger charge is 2.34. The summed E-state index contributed by atoms with van der Waals surface area (Å²) in [5.74, 6) is -0.593. The van der Waals surface area contributed by atoms with Crippen molar-refractivity contribution in [1.82, 2.24) is 5.32 Å². The molecule has 2 rings (SSSR count). The van der Waals surface area contributed by atoms with Crippen LogP contribution >= 0.6 is 11.6 Å². The van der Waals surface area contributed by atoms with Crippen LogP contribution in [0.2, 0.25) is 5.02 Å². The smallest absolute Gasteiger partial charge is 0.333 e. The molecular weight excluding hydrogens is 304 g/mol. The van der Waals surface area contributed by atoms with Crippen molar-refractivity contribution in [2.75, 3.05) is 13.7 Å². The van der Waals surface area contributed by atoms with Crippen molar-refractivity contribution in [2.45, 2.75) is 25.3 Å². The summed E-state index contributed by atoms with van der Waals surface area (Å²) in [6.45, 7) is 0.488. The predicted octanol–water partition coefficient (Wildman–Crippen LogP) is 2.05. The highest BCUT2D eigenvalue weighted by molar-refractivity contribution is 6.30. The Balaban J connectivity index is 2.14. The summed E-state index contributed by atoms with van der Waals surface area (Å²) >= 11 is 5.86. The average molecular weight is 325 g/mol. The van der Waals surface area contributed by atoms with Gasteiger partial charge in [0.2, 0.25) is 5.91 Å². The maximum Gasteiger partial charge on any atom is 0.333 e. The maximum atomic E-state index is 12.5. The molecule has 1 fully saturated rings. The number of ether oxygens (including phenoxy) is 1. The van der Waals surface area contributed by atoms with E-state index >= 15 is 0 Å². The summed E-state index contributed by atoms with van der Waals surface area (Å²) in [5, 5.41) is 3.36. The van der Waals surface area contributed by atoms with Crippen LogP contribution in [0.25, 0.3) is 0 Å². The molecule has 1 aromatic carbocycles. The van der Waals surface area contributed by atoms with Crippen LogP contribution < -0.4 is 11.1 Å². The van der Waals surface area contributed by atoms with Crippen molar-refractivity contribution in [3.63, 3.8) is 0 Å². The summed E-state index contributed by atoms with van der Waals surface area (Å²) in [6, 6.07) is 5.95. The third-order valence-electron chi connectivity index (χ3n) is 4.23. The van der Waals surface area contributed by atoms with Crippen LogP contribution in [0.15, 0.2) is 24.3 Å². The van der Waals surface area contributed by atoms with Crippen LogP contribution in [0.5, 0.6) is 0 Å². The summed E-state index contributed by atoms with van der Waals surface area (Å²) in [5.41, 5.74) is 6.37. The minimum absolute atomic E-state index is 0.135. The number of esters is 1. The van der Waals surface area contributed by atoms with Gasteiger partial charge in [-0.2, -0.15) is 0 Å². The Labute approximate surface area is 135 Å². The van der Waals surface area contributed by atoms with E-state index in [9.17, 15) is 9.59 Å². The van der Waals surface area contributed by atoms with E-state index in [-0.39, 0.29) is 17.7 Å². The zero-order chi connectivity index (χ0) is 16.1. The van der Waals surface area contributed by atoms with Gasteiger partial charge in [0.1, 0.15) is 0 Å². The first-order chi connectivity index (χ1) is 10.6. The number of hydrogen-bond donors (Lipinski definition) is 2. The van der Waals surface area contributed by atoms with Crippen LogP contribution in [-0.2, 0) is 14.3 Å². The number of carbonyl (C=O) groups is 2. The average Bonchev–Trinajstić information content (AvgIpc) is 3.01. The summed E-state index contributed by atoms with van der Waals surface area (Å²) in [6.07, 6.45) is 2.75. The van der Waals surface area contributed by atoms with Crippen LogP contribution in [0.3, 0.4) is 0 Å². The number of hydrogen-bond acceptors (Lipinski definition) is 4. The fourth-order valence-corrected chi connectivity index (χ4v) is 3.09. The van der Waals surface area contributed by atoms with Crippen molar-refractivity contribution >= 4 is 23.5 Å². The monoisotopic (exact) mass is 324 g/mol. The summed E-state index contributed by atoms with van der Waals surface area (Å²) < 4.78 is 4.80. The van der Waals surface area contributed by atoms with E-state index in [2.05, 4.69) is 5.32 Å². The molecule has 1 aromatic rings. The molecule has 0 saturated heterocycles. The lowest BCUT2D eigenvalue weighted by Gasteiger charge is -2.22. The first-order valence-electron chi connectivity index (χ1n) is 7.40. The lowest BCUT2D eigenvalue weighted by molar-refractivity contribution is -0.146. The van der Waals surface area contributed by atoms with Crippen molar-refractivity contribution in [1.29, 1.82) is 0 Å². The second-order valence-corrected chi connectivity index (χ2v) is 5.99. The third kappa shape index (κ3) is 3.78. The Hall–Kier alpha value is -1.59. The standard InChI is InChI=1S/C16H21ClN2O3/c1-22-16(21)14(10-5-7-12(17)8-6-10)19-15(20)13-4-2-3-11(13)9-18/h5-8,11,13-14H,2-4,9,18H2,1H3,(H,19,20)/t11-,13-,14?/m1/s1. The van der Waals surface area contributed by atoms with Gasteiger partial charge in [-0.3, -0.25) is 4.79 Å². The molecule has 1 unspecified atom stereocenters. The Kier molecular flexibility index (Phi) is 5.80. The molecule has 3 atom stereocenters. The van der Waals surface area contributed by atoms with Crippen LogP contribution in [0.4, 0.5) is 0 Å². The number of amides is 1. The first kappa shape index (κ1) is 16.8. The van der Waals surface area contributed by atoms with E-state index in [0.29, 0.717) is 17.1 Å². The zero-order valence-electron chi connectivity index (χ0n) is 12.5. The minimum Gasteiger partial charge on any atom is -0.467 e. The van der Waals surface area contributed by atoms with Gasteiger partial charge in [-0.25, -0.2) is 4.79 Å². The molecule has 3 N–H and O–H groups in total. The number of nitrogens with one attached hydrogen (secondary N) is 1. The SMILES string of the molecule is COC(=O)C(NC(=O)[C@@H]1CCC[C@@H]1CN)c1ccc(Cl)cc1. The molecule has 22 heavy (non-hydrogen) atoms. The van der Waals surface area contributed by atoms with Gasteiger partial charge < -0.3 is 15.8 Å². The van der Waals surface area contributed by atoms with E-state index in [4.69, 9.17) is 22.1 Å². The summed E-state index contributed by atoms with van der Waals surface area (Å²) in [7, 11) is 1.30. The quantitative estimate of drug-likeness (QED) is 0.812. The molecule has 0 heterocycles. The number of methoxy groups -OCH3 is 1. The van der Waals surface area contributed by atoms with Crippen LogP contribution in [0, 0.1) is 11.8 Å². The number of nitrogens with two attached hydrogens (primary N) is 1. The van der Waals surface area contributed by atoms with Gasteiger partial charge in [0.15, 0.2) is 6.04 Å².